The van der Waals surface area contributed by atoms with Crippen LogP contribution in [0, 0.1) is 6.92 Å². The summed E-state index contributed by atoms with van der Waals surface area (Å²) in [5.74, 6) is 0. The van der Waals surface area contributed by atoms with E-state index < -0.39 is 0 Å². The molecule has 17 heavy (non-hydrogen) atoms. The Morgan fingerprint density at radius 1 is 1.29 bits per heavy atom. The Morgan fingerprint density at radius 2 is 2.00 bits per heavy atom. The Balaban J connectivity index is 2.92. The molecular weight excluding hydrogens is 344 g/mol. The SMILES string of the molecule is CCc1nc2c(Br)cc(Br)cc2c(NC)c1C. The van der Waals surface area contributed by atoms with E-state index in [1.165, 1.54) is 5.56 Å². The highest BCUT2D eigenvalue weighted by molar-refractivity contribution is 9.11. The molecule has 2 aromatic rings. The van der Waals surface area contributed by atoms with E-state index >= 15 is 0 Å². The highest BCUT2D eigenvalue weighted by Gasteiger charge is 2.12. The summed E-state index contributed by atoms with van der Waals surface area (Å²) in [4.78, 5) is 4.73. The largest absolute Gasteiger partial charge is 0.387 e. The summed E-state index contributed by atoms with van der Waals surface area (Å²) in [5.41, 5.74) is 4.55. The molecule has 0 radical (unpaired) electrons. The van der Waals surface area contributed by atoms with Crippen molar-refractivity contribution in [2.45, 2.75) is 20.3 Å². The van der Waals surface area contributed by atoms with Crippen molar-refractivity contribution in [2.75, 3.05) is 12.4 Å². The highest BCUT2D eigenvalue weighted by atomic mass is 79.9. The van der Waals surface area contributed by atoms with Crippen LogP contribution in [0.5, 0.6) is 0 Å². The minimum atomic E-state index is 0.943. The van der Waals surface area contributed by atoms with Gasteiger partial charge in [0.05, 0.1) is 5.52 Å². The lowest BCUT2D eigenvalue weighted by Crippen LogP contribution is -2.01. The first-order valence-corrected chi connectivity index (χ1v) is 7.13. The van der Waals surface area contributed by atoms with Crippen LogP contribution in [0.1, 0.15) is 18.2 Å². The van der Waals surface area contributed by atoms with Gasteiger partial charge in [-0.25, -0.2) is 0 Å². The molecule has 0 bridgehead atoms. The topological polar surface area (TPSA) is 24.9 Å². The van der Waals surface area contributed by atoms with Gasteiger partial charge in [-0.05, 0) is 47.0 Å². The Morgan fingerprint density at radius 3 is 2.59 bits per heavy atom. The third-order valence-electron chi connectivity index (χ3n) is 2.94. The molecule has 0 unspecified atom stereocenters. The molecule has 90 valence electrons. The number of rotatable bonds is 2. The van der Waals surface area contributed by atoms with Crippen LogP contribution in [0.15, 0.2) is 21.1 Å². The number of halogens is 2. The molecule has 0 aliphatic rings. The van der Waals surface area contributed by atoms with Crippen molar-refractivity contribution in [1.29, 1.82) is 0 Å². The second-order valence-electron chi connectivity index (χ2n) is 3.95. The minimum absolute atomic E-state index is 0.943. The quantitative estimate of drug-likeness (QED) is 0.844. The van der Waals surface area contributed by atoms with Crippen molar-refractivity contribution >= 4 is 48.5 Å². The molecule has 2 nitrogen and oxygen atoms in total. The highest BCUT2D eigenvalue weighted by Crippen LogP contribution is 2.34. The minimum Gasteiger partial charge on any atom is -0.387 e. The predicted molar refractivity (Wildman–Crippen MR) is 80.8 cm³/mol. The molecule has 0 aliphatic carbocycles. The first-order valence-electron chi connectivity index (χ1n) is 5.54. The van der Waals surface area contributed by atoms with Crippen LogP contribution in [0.2, 0.25) is 0 Å². The number of hydrogen-bond acceptors (Lipinski definition) is 2. The molecule has 2 rings (SSSR count). The second-order valence-corrected chi connectivity index (χ2v) is 5.72. The first-order chi connectivity index (χ1) is 8.08. The Labute approximate surface area is 118 Å². The van der Waals surface area contributed by atoms with Gasteiger partial charge in [0.2, 0.25) is 0 Å². The maximum Gasteiger partial charge on any atom is 0.0869 e. The third kappa shape index (κ3) is 2.20. The summed E-state index contributed by atoms with van der Waals surface area (Å²) in [6.45, 7) is 4.25. The average molecular weight is 358 g/mol. The number of aromatic nitrogens is 1. The zero-order chi connectivity index (χ0) is 12.6. The molecule has 0 atom stereocenters. The van der Waals surface area contributed by atoms with Gasteiger partial charge in [-0.3, -0.25) is 4.98 Å². The van der Waals surface area contributed by atoms with Crippen LogP contribution in [-0.2, 0) is 6.42 Å². The fourth-order valence-corrected chi connectivity index (χ4v) is 3.42. The van der Waals surface area contributed by atoms with Crippen molar-refractivity contribution in [3.63, 3.8) is 0 Å². The lowest BCUT2D eigenvalue weighted by molar-refractivity contribution is 1.03. The summed E-state index contributed by atoms with van der Waals surface area (Å²) in [5, 5.41) is 4.43. The van der Waals surface area contributed by atoms with Gasteiger partial charge in [0.25, 0.3) is 0 Å². The van der Waals surface area contributed by atoms with Crippen molar-refractivity contribution < 1.29 is 0 Å². The molecule has 0 spiro atoms. The van der Waals surface area contributed by atoms with Crippen molar-refractivity contribution in [1.82, 2.24) is 4.98 Å². The van der Waals surface area contributed by atoms with Crippen LogP contribution in [-0.4, -0.2) is 12.0 Å². The van der Waals surface area contributed by atoms with Gasteiger partial charge in [-0.15, -0.1) is 0 Å². The van der Waals surface area contributed by atoms with E-state index in [-0.39, 0.29) is 0 Å². The fraction of sp³-hybridized carbons (Fsp3) is 0.308. The van der Waals surface area contributed by atoms with E-state index in [9.17, 15) is 0 Å². The monoisotopic (exact) mass is 356 g/mol. The van der Waals surface area contributed by atoms with Crippen LogP contribution >= 0.6 is 31.9 Å². The van der Waals surface area contributed by atoms with Crippen LogP contribution in [0.25, 0.3) is 10.9 Å². The molecule has 0 amide bonds. The van der Waals surface area contributed by atoms with E-state index in [1.807, 2.05) is 13.1 Å². The van der Waals surface area contributed by atoms with Crippen molar-refractivity contribution in [3.8, 4) is 0 Å². The number of nitrogens with one attached hydrogen (secondary N) is 1. The Bertz CT molecular complexity index is 579. The Kier molecular flexibility index (Phi) is 3.73. The fourth-order valence-electron chi connectivity index (χ4n) is 2.10. The van der Waals surface area contributed by atoms with Crippen LogP contribution in [0.3, 0.4) is 0 Å². The van der Waals surface area contributed by atoms with E-state index in [0.717, 1.165) is 37.7 Å². The van der Waals surface area contributed by atoms with Gasteiger partial charge in [0, 0.05) is 32.8 Å². The molecule has 4 heteroatoms. The van der Waals surface area contributed by atoms with E-state index in [1.54, 1.807) is 0 Å². The zero-order valence-electron chi connectivity index (χ0n) is 10.1. The van der Waals surface area contributed by atoms with Crippen LogP contribution in [0.4, 0.5) is 5.69 Å². The van der Waals surface area contributed by atoms with E-state index in [0.29, 0.717) is 0 Å². The average Bonchev–Trinajstić information content (AvgIpc) is 2.28. The van der Waals surface area contributed by atoms with Gasteiger partial charge in [0.1, 0.15) is 0 Å². The van der Waals surface area contributed by atoms with Crippen molar-refractivity contribution in [3.05, 3.63) is 32.3 Å². The van der Waals surface area contributed by atoms with E-state index in [2.05, 4.69) is 57.1 Å². The summed E-state index contributed by atoms with van der Waals surface area (Å²) < 4.78 is 2.08. The van der Waals surface area contributed by atoms with Crippen molar-refractivity contribution in [2.24, 2.45) is 0 Å². The maximum atomic E-state index is 4.73. The number of fused-ring (bicyclic) bond motifs is 1. The summed E-state index contributed by atoms with van der Waals surface area (Å²) in [6.07, 6.45) is 0.943. The maximum absolute atomic E-state index is 4.73. The van der Waals surface area contributed by atoms with Gasteiger partial charge in [-0.1, -0.05) is 22.9 Å². The normalized spacial score (nSPS) is 10.9. The first kappa shape index (κ1) is 12.8. The number of benzene rings is 1. The lowest BCUT2D eigenvalue weighted by Gasteiger charge is -2.14. The molecule has 1 N–H and O–H groups in total. The molecule has 0 saturated carbocycles. The third-order valence-corrected chi connectivity index (χ3v) is 4.00. The van der Waals surface area contributed by atoms with Crippen LogP contribution < -0.4 is 5.32 Å². The number of aryl methyl sites for hydroxylation is 1. The predicted octanol–water partition coefficient (Wildman–Crippen LogP) is 4.67. The summed E-state index contributed by atoms with van der Waals surface area (Å²) in [6, 6.07) is 4.13. The smallest absolute Gasteiger partial charge is 0.0869 e. The number of hydrogen-bond donors (Lipinski definition) is 1. The summed E-state index contributed by atoms with van der Waals surface area (Å²) in [7, 11) is 1.95. The van der Waals surface area contributed by atoms with E-state index in [4.69, 9.17) is 4.98 Å². The van der Waals surface area contributed by atoms with Gasteiger partial charge >= 0.3 is 0 Å². The molecule has 0 fully saturated rings. The van der Waals surface area contributed by atoms with Gasteiger partial charge in [0.15, 0.2) is 0 Å². The van der Waals surface area contributed by atoms with Gasteiger partial charge in [-0.2, -0.15) is 0 Å². The zero-order valence-corrected chi connectivity index (χ0v) is 13.2. The molecule has 1 heterocycles. The number of anilines is 1. The molecule has 0 saturated heterocycles. The lowest BCUT2D eigenvalue weighted by atomic mass is 10.1. The number of nitrogens with zero attached hydrogens (tertiary/aromatic N) is 1. The van der Waals surface area contributed by atoms with Gasteiger partial charge < -0.3 is 5.32 Å². The molecule has 1 aromatic heterocycles. The standard InChI is InChI=1S/C13H14Br2N2/c1-4-11-7(2)12(16-3)9-5-8(14)6-10(15)13(9)17-11/h5-6H,4H2,1-3H3,(H,16,17). The summed E-state index contributed by atoms with van der Waals surface area (Å²) >= 11 is 7.10. The Hall–Kier alpha value is -0.610. The molecule has 1 aromatic carbocycles. The molecule has 0 aliphatic heterocycles. The number of pyridine rings is 1. The molecular formula is C13H14Br2N2. The second kappa shape index (κ2) is 4.94.